The molecule has 30 heavy (non-hydrogen) atoms. The molecule has 1 atom stereocenters. The standard InChI is InChI=1S/C23H38N6O/c1-25-23(27-14-5-10-18-8-3-2-4-9-18)28-16-19-11-6-13-26-22(19)29-15-7-12-20(17-29)21(24)30/h6,11,13,18,20H,2-5,7-10,12,14-17H2,1H3,(H2,24,30)(H2,25,27,28). The molecule has 4 N–H and O–H groups in total. The van der Waals surface area contributed by atoms with Gasteiger partial charge in [-0.25, -0.2) is 4.98 Å². The Bertz CT molecular complexity index is 701. The molecule has 166 valence electrons. The zero-order chi connectivity index (χ0) is 21.2. The predicted octanol–water partition coefficient (Wildman–Crippen LogP) is 2.81. The van der Waals surface area contributed by atoms with Crippen LogP contribution in [0.5, 0.6) is 0 Å². The Morgan fingerprint density at radius 2 is 2.07 bits per heavy atom. The fourth-order valence-corrected chi connectivity index (χ4v) is 4.73. The first-order chi connectivity index (χ1) is 14.7. The van der Waals surface area contributed by atoms with Crippen molar-refractivity contribution in [2.45, 2.75) is 64.3 Å². The lowest BCUT2D eigenvalue weighted by molar-refractivity contribution is -0.122. The van der Waals surface area contributed by atoms with Crippen molar-refractivity contribution in [2.24, 2.45) is 22.6 Å². The maximum absolute atomic E-state index is 11.6. The zero-order valence-electron chi connectivity index (χ0n) is 18.4. The van der Waals surface area contributed by atoms with Crippen LogP contribution in [0, 0.1) is 11.8 Å². The highest BCUT2D eigenvalue weighted by Gasteiger charge is 2.26. The van der Waals surface area contributed by atoms with Crippen LogP contribution in [0.2, 0.25) is 0 Å². The summed E-state index contributed by atoms with van der Waals surface area (Å²) in [6.07, 6.45) is 13.2. The van der Waals surface area contributed by atoms with E-state index in [2.05, 4.69) is 31.6 Å². The van der Waals surface area contributed by atoms with Crippen LogP contribution in [0.4, 0.5) is 5.82 Å². The third-order valence-electron chi connectivity index (χ3n) is 6.47. The van der Waals surface area contributed by atoms with Crippen molar-refractivity contribution in [3.05, 3.63) is 23.9 Å². The van der Waals surface area contributed by atoms with Gasteiger partial charge in [0.05, 0.1) is 5.92 Å². The van der Waals surface area contributed by atoms with Crippen molar-refractivity contribution in [1.29, 1.82) is 0 Å². The molecule has 3 rings (SSSR count). The summed E-state index contributed by atoms with van der Waals surface area (Å²) in [5.74, 6) is 2.36. The monoisotopic (exact) mass is 414 g/mol. The van der Waals surface area contributed by atoms with Gasteiger partial charge in [0.25, 0.3) is 0 Å². The highest BCUT2D eigenvalue weighted by Crippen LogP contribution is 2.27. The Balaban J connectivity index is 1.47. The van der Waals surface area contributed by atoms with Gasteiger partial charge in [-0.3, -0.25) is 9.79 Å². The fourth-order valence-electron chi connectivity index (χ4n) is 4.73. The van der Waals surface area contributed by atoms with E-state index in [1.807, 2.05) is 19.3 Å². The van der Waals surface area contributed by atoms with Crippen LogP contribution >= 0.6 is 0 Å². The number of hydrogen-bond acceptors (Lipinski definition) is 4. The lowest BCUT2D eigenvalue weighted by Crippen LogP contribution is -2.42. The Hall–Kier alpha value is -2.31. The van der Waals surface area contributed by atoms with E-state index in [4.69, 9.17) is 5.73 Å². The van der Waals surface area contributed by atoms with Gasteiger partial charge in [0.2, 0.25) is 5.91 Å². The van der Waals surface area contributed by atoms with E-state index in [0.717, 1.165) is 49.2 Å². The molecule has 1 unspecified atom stereocenters. The number of aliphatic imine (C=N–C) groups is 1. The largest absolute Gasteiger partial charge is 0.369 e. The van der Waals surface area contributed by atoms with Gasteiger partial charge in [0.15, 0.2) is 5.96 Å². The molecule has 0 bridgehead atoms. The van der Waals surface area contributed by atoms with Crippen LogP contribution in [-0.4, -0.2) is 43.5 Å². The molecular formula is C23H38N6O. The summed E-state index contributed by atoms with van der Waals surface area (Å²) in [7, 11) is 1.81. The molecule has 1 aromatic rings. The van der Waals surface area contributed by atoms with Gasteiger partial charge in [0, 0.05) is 45.0 Å². The number of nitrogens with one attached hydrogen (secondary N) is 2. The van der Waals surface area contributed by atoms with E-state index >= 15 is 0 Å². The zero-order valence-corrected chi connectivity index (χ0v) is 18.4. The molecular weight excluding hydrogens is 376 g/mol. The van der Waals surface area contributed by atoms with Gasteiger partial charge >= 0.3 is 0 Å². The molecule has 0 aromatic carbocycles. The topological polar surface area (TPSA) is 95.6 Å². The Kier molecular flexibility index (Phi) is 8.78. The molecule has 1 aliphatic heterocycles. The lowest BCUT2D eigenvalue weighted by Gasteiger charge is -2.33. The van der Waals surface area contributed by atoms with Crippen LogP contribution in [0.3, 0.4) is 0 Å². The number of nitrogens with zero attached hydrogens (tertiary/aromatic N) is 3. The molecule has 1 saturated carbocycles. The number of nitrogens with two attached hydrogens (primary N) is 1. The summed E-state index contributed by atoms with van der Waals surface area (Å²) in [6.45, 7) is 3.14. The van der Waals surface area contributed by atoms with E-state index in [-0.39, 0.29) is 11.8 Å². The number of pyridine rings is 1. The SMILES string of the molecule is CN=C(NCCCC1CCCCC1)NCc1cccnc1N1CCCC(C(N)=O)C1. The highest BCUT2D eigenvalue weighted by molar-refractivity contribution is 5.80. The molecule has 2 fully saturated rings. The first kappa shape index (κ1) is 22.4. The average Bonchev–Trinajstić information content (AvgIpc) is 2.79. The minimum atomic E-state index is -0.215. The number of piperidine rings is 1. The van der Waals surface area contributed by atoms with E-state index in [0.29, 0.717) is 13.1 Å². The molecule has 2 heterocycles. The number of amides is 1. The van der Waals surface area contributed by atoms with Crippen molar-refractivity contribution in [2.75, 3.05) is 31.6 Å². The Morgan fingerprint density at radius 3 is 2.83 bits per heavy atom. The summed E-state index contributed by atoms with van der Waals surface area (Å²) in [4.78, 5) is 22.8. The fraction of sp³-hybridized carbons (Fsp3) is 0.696. The van der Waals surface area contributed by atoms with Crippen LogP contribution in [-0.2, 0) is 11.3 Å². The third kappa shape index (κ3) is 6.61. The van der Waals surface area contributed by atoms with E-state index < -0.39 is 0 Å². The second-order valence-corrected chi connectivity index (χ2v) is 8.67. The molecule has 2 aliphatic rings. The Morgan fingerprint density at radius 1 is 1.23 bits per heavy atom. The van der Waals surface area contributed by atoms with E-state index in [1.54, 1.807) is 0 Å². The maximum atomic E-state index is 11.6. The van der Waals surface area contributed by atoms with Gasteiger partial charge in [-0.1, -0.05) is 38.2 Å². The molecule has 7 nitrogen and oxygen atoms in total. The van der Waals surface area contributed by atoms with Crippen LogP contribution < -0.4 is 21.3 Å². The second-order valence-electron chi connectivity index (χ2n) is 8.67. The first-order valence-corrected chi connectivity index (χ1v) is 11.6. The number of hydrogen-bond donors (Lipinski definition) is 3. The third-order valence-corrected chi connectivity index (χ3v) is 6.47. The molecule has 1 amide bonds. The summed E-state index contributed by atoms with van der Waals surface area (Å²) in [5.41, 5.74) is 6.65. The average molecular weight is 415 g/mol. The predicted molar refractivity (Wildman–Crippen MR) is 122 cm³/mol. The first-order valence-electron chi connectivity index (χ1n) is 11.6. The van der Waals surface area contributed by atoms with Crippen molar-refractivity contribution in [3.63, 3.8) is 0 Å². The van der Waals surface area contributed by atoms with Crippen molar-refractivity contribution in [1.82, 2.24) is 15.6 Å². The molecule has 1 aliphatic carbocycles. The number of anilines is 1. The summed E-state index contributed by atoms with van der Waals surface area (Å²) in [6, 6.07) is 4.04. The smallest absolute Gasteiger partial charge is 0.222 e. The summed E-state index contributed by atoms with van der Waals surface area (Å²) in [5, 5.41) is 6.86. The minimum absolute atomic E-state index is 0.0971. The lowest BCUT2D eigenvalue weighted by atomic mass is 9.86. The molecule has 0 radical (unpaired) electrons. The summed E-state index contributed by atoms with van der Waals surface area (Å²) >= 11 is 0. The van der Waals surface area contributed by atoms with Crippen LogP contribution in [0.1, 0.15) is 63.4 Å². The van der Waals surface area contributed by atoms with E-state index in [9.17, 15) is 4.79 Å². The maximum Gasteiger partial charge on any atom is 0.222 e. The number of rotatable bonds is 8. The number of guanidine groups is 1. The molecule has 7 heteroatoms. The minimum Gasteiger partial charge on any atom is -0.369 e. The number of carbonyl (C=O) groups excluding carboxylic acids is 1. The van der Waals surface area contributed by atoms with Crippen molar-refractivity contribution >= 4 is 17.7 Å². The normalized spacial score (nSPS) is 20.8. The van der Waals surface area contributed by atoms with Gasteiger partial charge in [-0.2, -0.15) is 0 Å². The van der Waals surface area contributed by atoms with Crippen LogP contribution in [0.15, 0.2) is 23.3 Å². The number of carbonyl (C=O) groups is 1. The number of primary amides is 1. The van der Waals surface area contributed by atoms with Crippen molar-refractivity contribution < 1.29 is 4.79 Å². The van der Waals surface area contributed by atoms with Crippen molar-refractivity contribution in [3.8, 4) is 0 Å². The molecule has 1 saturated heterocycles. The van der Waals surface area contributed by atoms with Gasteiger partial charge in [0.1, 0.15) is 5.82 Å². The summed E-state index contributed by atoms with van der Waals surface area (Å²) < 4.78 is 0. The highest BCUT2D eigenvalue weighted by atomic mass is 16.1. The van der Waals surface area contributed by atoms with Gasteiger partial charge in [-0.15, -0.1) is 0 Å². The Labute approximate surface area is 180 Å². The van der Waals surface area contributed by atoms with E-state index in [1.165, 1.54) is 44.9 Å². The van der Waals surface area contributed by atoms with Gasteiger partial charge in [-0.05, 0) is 37.7 Å². The molecule has 0 spiro atoms. The van der Waals surface area contributed by atoms with Gasteiger partial charge < -0.3 is 21.3 Å². The number of aromatic nitrogens is 1. The van der Waals surface area contributed by atoms with Crippen LogP contribution in [0.25, 0.3) is 0 Å². The second kappa shape index (κ2) is 11.8. The quantitative estimate of drug-likeness (QED) is 0.345. The molecule has 1 aromatic heterocycles.